The average Bonchev–Trinajstić information content (AvgIpc) is 2.50. The molecule has 4 nitrogen and oxygen atoms in total. The summed E-state index contributed by atoms with van der Waals surface area (Å²) >= 11 is 0. The number of rotatable bonds is 10. The lowest BCUT2D eigenvalue weighted by Crippen LogP contribution is -2.27. The first kappa shape index (κ1) is 23.6. The minimum atomic E-state index is 0. The van der Waals surface area contributed by atoms with E-state index >= 15 is 0 Å². The van der Waals surface area contributed by atoms with Gasteiger partial charge in [-0.15, -0.1) is 24.8 Å². The summed E-state index contributed by atoms with van der Waals surface area (Å²) in [6.07, 6.45) is 1.16. The predicted octanol–water partition coefficient (Wildman–Crippen LogP) is 3.37. The van der Waals surface area contributed by atoms with Crippen molar-refractivity contribution in [2.24, 2.45) is 0 Å². The highest BCUT2D eigenvalue weighted by atomic mass is 35.5. The second-order valence-corrected chi connectivity index (χ2v) is 4.71. The number of methoxy groups -OCH3 is 2. The Kier molecular flexibility index (Phi) is 15.0. The van der Waals surface area contributed by atoms with E-state index in [0.717, 1.165) is 56.2 Å². The normalized spacial score (nSPS) is 9.86. The van der Waals surface area contributed by atoms with Crippen molar-refractivity contribution < 1.29 is 9.47 Å². The van der Waals surface area contributed by atoms with Crippen LogP contribution in [0.2, 0.25) is 0 Å². The van der Waals surface area contributed by atoms with Crippen LogP contribution in [-0.4, -0.2) is 45.3 Å². The Bertz CT molecular complexity index is 388. The predicted molar refractivity (Wildman–Crippen MR) is 98.2 cm³/mol. The summed E-state index contributed by atoms with van der Waals surface area (Å²) in [5, 5.41) is 3.47. The largest absolute Gasteiger partial charge is 0.493 e. The molecule has 0 aliphatic carbocycles. The first-order valence-electron chi connectivity index (χ1n) is 7.39. The molecule has 0 bridgehead atoms. The molecule has 6 heteroatoms. The van der Waals surface area contributed by atoms with Crippen LogP contribution >= 0.6 is 24.8 Å². The van der Waals surface area contributed by atoms with Crippen molar-refractivity contribution in [3.8, 4) is 11.5 Å². The molecular formula is C16H30Cl2N2O2. The zero-order chi connectivity index (χ0) is 14.8. The second-order valence-electron chi connectivity index (χ2n) is 4.71. The molecule has 130 valence electrons. The van der Waals surface area contributed by atoms with Gasteiger partial charge in [-0.3, -0.25) is 0 Å². The molecule has 1 aromatic carbocycles. The molecule has 1 rings (SSSR count). The van der Waals surface area contributed by atoms with E-state index in [1.54, 1.807) is 14.2 Å². The number of nitrogens with zero attached hydrogens (tertiary/aromatic N) is 1. The fourth-order valence-corrected chi connectivity index (χ4v) is 2.28. The lowest BCUT2D eigenvalue weighted by molar-refractivity contribution is 0.297. The average molecular weight is 353 g/mol. The van der Waals surface area contributed by atoms with Crippen molar-refractivity contribution in [1.29, 1.82) is 0 Å². The van der Waals surface area contributed by atoms with E-state index in [-0.39, 0.29) is 24.8 Å². The highest BCUT2D eigenvalue weighted by Gasteiger charge is 2.08. The topological polar surface area (TPSA) is 33.7 Å². The van der Waals surface area contributed by atoms with Gasteiger partial charge in [0.2, 0.25) is 0 Å². The van der Waals surface area contributed by atoms with Crippen LogP contribution in [0, 0.1) is 0 Å². The van der Waals surface area contributed by atoms with Crippen LogP contribution in [0.15, 0.2) is 18.2 Å². The third-order valence-electron chi connectivity index (χ3n) is 3.52. The third-order valence-corrected chi connectivity index (χ3v) is 3.52. The van der Waals surface area contributed by atoms with Crippen molar-refractivity contribution in [3.05, 3.63) is 23.8 Å². The van der Waals surface area contributed by atoms with Gasteiger partial charge in [0.05, 0.1) is 14.2 Å². The minimum Gasteiger partial charge on any atom is -0.493 e. The smallest absolute Gasteiger partial charge is 0.165 e. The van der Waals surface area contributed by atoms with Gasteiger partial charge in [-0.1, -0.05) is 26.0 Å². The lowest BCUT2D eigenvalue weighted by atomic mass is 10.2. The zero-order valence-corrected chi connectivity index (χ0v) is 15.7. The molecule has 0 spiro atoms. The van der Waals surface area contributed by atoms with Crippen LogP contribution in [-0.2, 0) is 6.54 Å². The van der Waals surface area contributed by atoms with Gasteiger partial charge in [-0.25, -0.2) is 0 Å². The number of para-hydroxylation sites is 1. The molecule has 0 fully saturated rings. The fourth-order valence-electron chi connectivity index (χ4n) is 2.28. The van der Waals surface area contributed by atoms with Crippen molar-refractivity contribution in [1.82, 2.24) is 10.2 Å². The quantitative estimate of drug-likeness (QED) is 0.654. The standard InChI is InChI=1S/C16H28N2O2.2ClH/c1-5-18(6-2)12-8-11-17-13-14-9-7-10-15(19-3)16(14)20-4;;/h7,9-10,17H,5-6,8,11-13H2,1-4H3;2*1H. The zero-order valence-electron chi connectivity index (χ0n) is 14.1. The van der Waals surface area contributed by atoms with Crippen LogP contribution < -0.4 is 14.8 Å². The monoisotopic (exact) mass is 352 g/mol. The molecule has 22 heavy (non-hydrogen) atoms. The molecule has 1 aromatic rings. The summed E-state index contributed by atoms with van der Waals surface area (Å²) < 4.78 is 10.7. The highest BCUT2D eigenvalue weighted by molar-refractivity contribution is 5.85. The summed E-state index contributed by atoms with van der Waals surface area (Å²) in [5.74, 6) is 1.61. The maximum Gasteiger partial charge on any atom is 0.165 e. The van der Waals surface area contributed by atoms with Gasteiger partial charge >= 0.3 is 0 Å². The second kappa shape index (κ2) is 13.9. The Morgan fingerprint density at radius 2 is 1.73 bits per heavy atom. The Labute approximate surface area is 147 Å². The third kappa shape index (κ3) is 7.54. The molecule has 0 aromatic heterocycles. The Hall–Kier alpha value is -0.680. The Balaban J connectivity index is 0. The summed E-state index contributed by atoms with van der Waals surface area (Å²) in [6, 6.07) is 5.98. The van der Waals surface area contributed by atoms with E-state index in [9.17, 15) is 0 Å². The van der Waals surface area contributed by atoms with E-state index in [1.807, 2.05) is 12.1 Å². The highest BCUT2D eigenvalue weighted by Crippen LogP contribution is 2.30. The number of ether oxygens (including phenoxy) is 2. The van der Waals surface area contributed by atoms with Gasteiger partial charge in [-0.2, -0.15) is 0 Å². The molecule has 0 radical (unpaired) electrons. The SMILES string of the molecule is CCN(CC)CCCNCc1cccc(OC)c1OC.Cl.Cl. The number of nitrogens with one attached hydrogen (secondary N) is 1. The molecule has 0 aliphatic rings. The molecular weight excluding hydrogens is 323 g/mol. The van der Waals surface area contributed by atoms with Crippen molar-refractivity contribution in [3.63, 3.8) is 0 Å². The van der Waals surface area contributed by atoms with Crippen molar-refractivity contribution >= 4 is 24.8 Å². The molecule has 1 N–H and O–H groups in total. The molecule has 0 aliphatic heterocycles. The number of benzene rings is 1. The molecule has 0 amide bonds. The molecule has 0 saturated heterocycles. The Morgan fingerprint density at radius 3 is 2.27 bits per heavy atom. The van der Waals surface area contributed by atoms with Crippen LogP contribution in [0.3, 0.4) is 0 Å². The first-order valence-corrected chi connectivity index (χ1v) is 7.39. The van der Waals surface area contributed by atoms with E-state index in [0.29, 0.717) is 0 Å². The van der Waals surface area contributed by atoms with E-state index in [4.69, 9.17) is 9.47 Å². The van der Waals surface area contributed by atoms with Gasteiger partial charge in [-0.05, 0) is 38.7 Å². The molecule has 0 atom stereocenters. The van der Waals surface area contributed by atoms with Gasteiger partial charge in [0.1, 0.15) is 0 Å². The lowest BCUT2D eigenvalue weighted by Gasteiger charge is -2.18. The maximum atomic E-state index is 5.42. The first-order chi connectivity index (χ1) is 9.76. The minimum absolute atomic E-state index is 0. The van der Waals surface area contributed by atoms with E-state index in [2.05, 4.69) is 30.1 Å². The number of hydrogen-bond acceptors (Lipinski definition) is 4. The van der Waals surface area contributed by atoms with Crippen LogP contribution in [0.25, 0.3) is 0 Å². The van der Waals surface area contributed by atoms with Crippen molar-refractivity contribution in [2.75, 3.05) is 40.4 Å². The number of halogens is 2. The summed E-state index contributed by atoms with van der Waals surface area (Å²) in [6.45, 7) is 9.63. The molecule has 0 heterocycles. The van der Waals surface area contributed by atoms with Crippen molar-refractivity contribution in [2.45, 2.75) is 26.8 Å². The van der Waals surface area contributed by atoms with Gasteiger partial charge in [0.15, 0.2) is 11.5 Å². The van der Waals surface area contributed by atoms with E-state index < -0.39 is 0 Å². The van der Waals surface area contributed by atoms with E-state index in [1.165, 1.54) is 0 Å². The van der Waals surface area contributed by atoms with Crippen LogP contribution in [0.5, 0.6) is 11.5 Å². The van der Waals surface area contributed by atoms with Gasteiger partial charge in [0.25, 0.3) is 0 Å². The van der Waals surface area contributed by atoms with Crippen LogP contribution in [0.1, 0.15) is 25.8 Å². The molecule has 0 saturated carbocycles. The molecule has 0 unspecified atom stereocenters. The summed E-state index contributed by atoms with van der Waals surface area (Å²) in [7, 11) is 3.35. The summed E-state index contributed by atoms with van der Waals surface area (Å²) in [4.78, 5) is 2.44. The van der Waals surface area contributed by atoms with Gasteiger partial charge in [0, 0.05) is 12.1 Å². The van der Waals surface area contributed by atoms with Crippen LogP contribution in [0.4, 0.5) is 0 Å². The fraction of sp³-hybridized carbons (Fsp3) is 0.625. The summed E-state index contributed by atoms with van der Waals surface area (Å²) in [5.41, 5.74) is 1.13. The van der Waals surface area contributed by atoms with Gasteiger partial charge < -0.3 is 19.7 Å². The maximum absolute atomic E-state index is 5.42. The number of hydrogen-bond donors (Lipinski definition) is 1. The Morgan fingerprint density at radius 1 is 1.05 bits per heavy atom.